The predicted molar refractivity (Wildman–Crippen MR) is 98.4 cm³/mol. The lowest BCUT2D eigenvalue weighted by atomic mass is 9.80. The highest BCUT2D eigenvalue weighted by atomic mass is 16.5. The molecule has 4 nitrogen and oxygen atoms in total. The van der Waals surface area contributed by atoms with Crippen molar-refractivity contribution in [3.8, 4) is 0 Å². The largest absolute Gasteiger partial charge is 0.379 e. The molecule has 3 aliphatic rings. The van der Waals surface area contributed by atoms with Gasteiger partial charge in [0.05, 0.1) is 19.6 Å². The average Bonchev–Trinajstić information content (AvgIpc) is 3.45. The number of piperidine rings is 1. The quantitative estimate of drug-likeness (QED) is 0.843. The molecule has 3 fully saturated rings. The van der Waals surface area contributed by atoms with Crippen molar-refractivity contribution >= 4 is 5.91 Å². The van der Waals surface area contributed by atoms with Crippen molar-refractivity contribution in [2.45, 2.75) is 32.1 Å². The van der Waals surface area contributed by atoms with Crippen LogP contribution in [-0.2, 0) is 16.0 Å². The van der Waals surface area contributed by atoms with Crippen molar-refractivity contribution in [2.24, 2.45) is 11.3 Å². The highest BCUT2D eigenvalue weighted by Gasteiger charge is 2.41. The summed E-state index contributed by atoms with van der Waals surface area (Å²) >= 11 is 0. The lowest BCUT2D eigenvalue weighted by Gasteiger charge is -2.43. The van der Waals surface area contributed by atoms with Gasteiger partial charge >= 0.3 is 0 Å². The van der Waals surface area contributed by atoms with Gasteiger partial charge in [-0.1, -0.05) is 30.3 Å². The first-order chi connectivity index (χ1) is 12.2. The van der Waals surface area contributed by atoms with Crippen LogP contribution >= 0.6 is 0 Å². The first-order valence-electron chi connectivity index (χ1n) is 9.84. The molecule has 1 aliphatic carbocycles. The molecule has 1 aromatic carbocycles. The number of hydrogen-bond acceptors (Lipinski definition) is 3. The molecule has 2 heterocycles. The minimum atomic E-state index is 0.135. The van der Waals surface area contributed by atoms with Gasteiger partial charge in [0, 0.05) is 38.1 Å². The van der Waals surface area contributed by atoms with Crippen LogP contribution in [0.5, 0.6) is 0 Å². The third kappa shape index (κ3) is 4.42. The van der Waals surface area contributed by atoms with E-state index in [4.69, 9.17) is 4.74 Å². The summed E-state index contributed by atoms with van der Waals surface area (Å²) in [7, 11) is 0. The van der Waals surface area contributed by atoms with Gasteiger partial charge < -0.3 is 14.5 Å². The zero-order valence-electron chi connectivity index (χ0n) is 15.2. The normalized spacial score (nSPS) is 28.1. The Bertz CT molecular complexity index is 587. The number of benzene rings is 1. The van der Waals surface area contributed by atoms with E-state index < -0.39 is 0 Å². The maximum Gasteiger partial charge on any atom is 0.227 e. The fourth-order valence-electron chi connectivity index (χ4n) is 4.45. The van der Waals surface area contributed by atoms with Crippen molar-refractivity contribution in [3.63, 3.8) is 0 Å². The van der Waals surface area contributed by atoms with Gasteiger partial charge in [-0.3, -0.25) is 4.79 Å². The van der Waals surface area contributed by atoms with Crippen LogP contribution in [0.1, 0.15) is 31.2 Å². The molecule has 1 amide bonds. The molecular weight excluding hydrogens is 312 g/mol. The van der Waals surface area contributed by atoms with E-state index in [1.165, 1.54) is 25.8 Å². The van der Waals surface area contributed by atoms with Crippen LogP contribution in [0, 0.1) is 11.3 Å². The molecule has 0 N–H and O–H groups in total. The number of nitrogens with zero attached hydrogens (tertiary/aromatic N) is 2. The van der Waals surface area contributed by atoms with Crippen LogP contribution in [0.25, 0.3) is 0 Å². The Morgan fingerprint density at radius 2 is 2.00 bits per heavy atom. The zero-order valence-corrected chi connectivity index (χ0v) is 15.2. The summed E-state index contributed by atoms with van der Waals surface area (Å²) in [6, 6.07) is 10.1. The predicted octanol–water partition coefficient (Wildman–Crippen LogP) is 2.58. The van der Waals surface area contributed by atoms with E-state index in [0.717, 1.165) is 57.3 Å². The van der Waals surface area contributed by atoms with Crippen molar-refractivity contribution in [1.29, 1.82) is 0 Å². The molecule has 1 aromatic rings. The third-order valence-corrected chi connectivity index (χ3v) is 5.94. The highest BCUT2D eigenvalue weighted by molar-refractivity contribution is 5.79. The summed E-state index contributed by atoms with van der Waals surface area (Å²) in [6.07, 6.45) is 5.59. The smallest absolute Gasteiger partial charge is 0.227 e. The Kier molecular flexibility index (Phi) is 5.09. The third-order valence-electron chi connectivity index (χ3n) is 5.94. The summed E-state index contributed by atoms with van der Waals surface area (Å²) < 4.78 is 5.99. The van der Waals surface area contributed by atoms with Crippen LogP contribution in [0.3, 0.4) is 0 Å². The minimum absolute atomic E-state index is 0.135. The molecule has 0 aromatic heterocycles. The minimum Gasteiger partial charge on any atom is -0.379 e. The molecule has 2 saturated heterocycles. The second kappa shape index (κ2) is 7.46. The second-order valence-electron chi connectivity index (χ2n) is 8.31. The van der Waals surface area contributed by atoms with E-state index in [1.54, 1.807) is 0 Å². The molecule has 0 unspecified atom stereocenters. The van der Waals surface area contributed by atoms with Gasteiger partial charge in [0.15, 0.2) is 0 Å². The molecule has 0 bridgehead atoms. The monoisotopic (exact) mass is 342 g/mol. The van der Waals surface area contributed by atoms with Crippen LogP contribution in [0.2, 0.25) is 0 Å². The van der Waals surface area contributed by atoms with E-state index in [9.17, 15) is 4.79 Å². The number of ether oxygens (including phenoxy) is 1. The van der Waals surface area contributed by atoms with Crippen LogP contribution in [0.15, 0.2) is 30.3 Å². The fraction of sp³-hybridized carbons (Fsp3) is 0.667. The number of amides is 1. The van der Waals surface area contributed by atoms with Crippen molar-refractivity contribution < 1.29 is 9.53 Å². The van der Waals surface area contributed by atoms with Gasteiger partial charge in [-0.05, 0) is 37.2 Å². The Balaban J connectivity index is 1.40. The van der Waals surface area contributed by atoms with Crippen LogP contribution in [0.4, 0.5) is 0 Å². The highest BCUT2D eigenvalue weighted by Crippen LogP contribution is 2.36. The van der Waals surface area contributed by atoms with Gasteiger partial charge in [-0.25, -0.2) is 0 Å². The SMILES string of the molecule is O=C(Cc1ccccc1)N1CCC[C@]2(COCCN(CC3CC3)C2)C1. The van der Waals surface area contributed by atoms with Crippen molar-refractivity contribution in [1.82, 2.24) is 9.80 Å². The summed E-state index contributed by atoms with van der Waals surface area (Å²) in [5.41, 5.74) is 1.25. The van der Waals surface area contributed by atoms with E-state index in [-0.39, 0.29) is 11.3 Å². The zero-order chi connectivity index (χ0) is 17.1. The summed E-state index contributed by atoms with van der Waals surface area (Å²) in [5.74, 6) is 1.18. The van der Waals surface area contributed by atoms with Crippen LogP contribution < -0.4 is 0 Å². The molecule has 4 heteroatoms. The number of hydrogen-bond donors (Lipinski definition) is 0. The summed E-state index contributed by atoms with van der Waals surface area (Å²) in [4.78, 5) is 17.5. The van der Waals surface area contributed by atoms with E-state index in [1.807, 2.05) is 30.3 Å². The van der Waals surface area contributed by atoms with E-state index in [0.29, 0.717) is 6.42 Å². The lowest BCUT2D eigenvalue weighted by molar-refractivity contribution is -0.135. The maximum atomic E-state index is 12.8. The van der Waals surface area contributed by atoms with Gasteiger partial charge in [0.25, 0.3) is 0 Å². The molecule has 25 heavy (non-hydrogen) atoms. The van der Waals surface area contributed by atoms with Crippen LogP contribution in [-0.4, -0.2) is 61.6 Å². The lowest BCUT2D eigenvalue weighted by Crippen LogP contribution is -2.52. The number of rotatable bonds is 4. The maximum absolute atomic E-state index is 12.8. The summed E-state index contributed by atoms with van der Waals surface area (Å²) in [5, 5.41) is 0. The first-order valence-corrected chi connectivity index (χ1v) is 9.84. The molecule has 0 radical (unpaired) electrons. The topological polar surface area (TPSA) is 32.8 Å². The average molecular weight is 342 g/mol. The number of carbonyl (C=O) groups excluding carboxylic acids is 1. The Morgan fingerprint density at radius 3 is 2.80 bits per heavy atom. The molecule has 1 atom stereocenters. The Labute approximate surface area is 151 Å². The number of carbonyl (C=O) groups is 1. The Morgan fingerprint density at radius 1 is 1.16 bits per heavy atom. The first kappa shape index (κ1) is 17.0. The van der Waals surface area contributed by atoms with Gasteiger partial charge in [0.2, 0.25) is 5.91 Å². The fourth-order valence-corrected chi connectivity index (χ4v) is 4.45. The molecular formula is C21H30N2O2. The second-order valence-corrected chi connectivity index (χ2v) is 8.31. The van der Waals surface area contributed by atoms with E-state index in [2.05, 4.69) is 9.80 Å². The Hall–Kier alpha value is -1.39. The van der Waals surface area contributed by atoms with Crippen molar-refractivity contribution in [2.75, 3.05) is 45.9 Å². The van der Waals surface area contributed by atoms with Gasteiger partial charge in [-0.2, -0.15) is 0 Å². The van der Waals surface area contributed by atoms with Crippen molar-refractivity contribution in [3.05, 3.63) is 35.9 Å². The number of likely N-dealkylation sites (tertiary alicyclic amines) is 1. The molecule has 4 rings (SSSR count). The summed E-state index contributed by atoms with van der Waals surface area (Å²) in [6.45, 7) is 6.78. The molecule has 2 aliphatic heterocycles. The molecule has 1 spiro atoms. The molecule has 136 valence electrons. The van der Waals surface area contributed by atoms with E-state index >= 15 is 0 Å². The standard InChI is InChI=1S/C21H30N2O2/c24-20(13-18-5-2-1-3-6-18)23-10-4-9-21(16-23)15-22(11-12-25-17-21)14-19-7-8-19/h1-3,5-6,19H,4,7-17H2/t21-/m1/s1. The molecule has 1 saturated carbocycles. The van der Waals surface area contributed by atoms with Gasteiger partial charge in [-0.15, -0.1) is 0 Å². The van der Waals surface area contributed by atoms with Gasteiger partial charge in [0.1, 0.15) is 0 Å².